The van der Waals surface area contributed by atoms with E-state index < -0.39 is 15.6 Å². The minimum Gasteiger partial charge on any atom is -0.379 e. The lowest BCUT2D eigenvalue weighted by atomic mass is 9.90. The molecule has 8 heteroatoms. The number of β-amino-alcohol motifs (C(OH)–C–C–N with tert-alkyl or cyclic N) is 1. The van der Waals surface area contributed by atoms with Crippen molar-refractivity contribution in [3.8, 4) is 0 Å². The molecule has 1 unspecified atom stereocenters. The van der Waals surface area contributed by atoms with Crippen molar-refractivity contribution in [3.05, 3.63) is 0 Å². The van der Waals surface area contributed by atoms with Gasteiger partial charge < -0.3 is 10.0 Å². The zero-order valence-electron chi connectivity index (χ0n) is 14.5. The Morgan fingerprint density at radius 2 is 1.83 bits per heavy atom. The van der Waals surface area contributed by atoms with Gasteiger partial charge in [0.25, 0.3) is 5.91 Å². The predicted molar refractivity (Wildman–Crippen MR) is 91.0 cm³/mol. The van der Waals surface area contributed by atoms with Crippen LogP contribution >= 0.6 is 0 Å². The molecule has 3 fully saturated rings. The second kappa shape index (κ2) is 6.90. The zero-order valence-corrected chi connectivity index (χ0v) is 15.3. The Kier molecular flexibility index (Phi) is 5.20. The van der Waals surface area contributed by atoms with Crippen LogP contribution in [0.2, 0.25) is 0 Å². The molecule has 3 aliphatic rings. The monoisotopic (exact) mass is 359 g/mol. The van der Waals surface area contributed by atoms with E-state index in [0.29, 0.717) is 45.1 Å². The van der Waals surface area contributed by atoms with E-state index in [1.54, 1.807) is 6.92 Å². The molecule has 1 aliphatic carbocycles. The van der Waals surface area contributed by atoms with Gasteiger partial charge in [-0.1, -0.05) is 0 Å². The summed E-state index contributed by atoms with van der Waals surface area (Å²) in [4.78, 5) is 16.6. The lowest BCUT2D eigenvalue weighted by Crippen LogP contribution is -2.61. The molecule has 0 radical (unpaired) electrons. The van der Waals surface area contributed by atoms with Gasteiger partial charge in [-0.05, 0) is 38.5 Å². The van der Waals surface area contributed by atoms with Crippen molar-refractivity contribution in [2.75, 3.05) is 51.6 Å². The minimum absolute atomic E-state index is 0.117. The highest BCUT2D eigenvalue weighted by molar-refractivity contribution is 7.89. The Bertz CT molecular complexity index is 570. The Labute approximate surface area is 144 Å². The van der Waals surface area contributed by atoms with Crippen molar-refractivity contribution < 1.29 is 18.3 Å². The number of carbonyl (C=O) groups is 1. The summed E-state index contributed by atoms with van der Waals surface area (Å²) in [7, 11) is -3.15. The molecular formula is C16H29N3O4S. The molecule has 138 valence electrons. The van der Waals surface area contributed by atoms with Crippen LogP contribution in [0.15, 0.2) is 0 Å². The summed E-state index contributed by atoms with van der Waals surface area (Å²) in [5, 5.41) is 10.9. The van der Waals surface area contributed by atoms with Crippen LogP contribution in [0.3, 0.4) is 0 Å². The molecule has 2 heterocycles. The average Bonchev–Trinajstić information content (AvgIpc) is 3.37. The van der Waals surface area contributed by atoms with Crippen LogP contribution in [-0.2, 0) is 14.8 Å². The second-order valence-electron chi connectivity index (χ2n) is 7.41. The lowest BCUT2D eigenvalue weighted by molar-refractivity contribution is -0.160. The molecule has 0 spiro atoms. The van der Waals surface area contributed by atoms with Crippen LogP contribution < -0.4 is 0 Å². The van der Waals surface area contributed by atoms with Gasteiger partial charge in [0, 0.05) is 45.8 Å². The highest BCUT2D eigenvalue weighted by Gasteiger charge is 2.45. The normalized spacial score (nSPS) is 30.8. The van der Waals surface area contributed by atoms with Crippen molar-refractivity contribution in [3.63, 3.8) is 0 Å². The van der Waals surface area contributed by atoms with Crippen LogP contribution in [0.1, 0.15) is 32.6 Å². The summed E-state index contributed by atoms with van der Waals surface area (Å²) in [6.45, 7) is 5.50. The maximum absolute atomic E-state index is 12.7. The second-order valence-corrected chi connectivity index (χ2v) is 9.66. The van der Waals surface area contributed by atoms with Crippen molar-refractivity contribution >= 4 is 15.9 Å². The Morgan fingerprint density at radius 1 is 1.17 bits per heavy atom. The molecule has 1 N–H and O–H groups in total. The van der Waals surface area contributed by atoms with E-state index in [0.717, 1.165) is 19.5 Å². The molecule has 2 saturated heterocycles. The number of piperidine rings is 1. The maximum Gasteiger partial charge on any atom is 0.255 e. The Balaban J connectivity index is 1.56. The first-order chi connectivity index (χ1) is 11.3. The van der Waals surface area contributed by atoms with Gasteiger partial charge in [0.1, 0.15) is 0 Å². The number of hydrogen-bond donors (Lipinski definition) is 1. The molecule has 2 aliphatic heterocycles. The average molecular weight is 359 g/mol. The number of amides is 1. The number of nitrogens with zero attached hydrogens (tertiary/aromatic N) is 3. The number of piperazine rings is 1. The van der Waals surface area contributed by atoms with E-state index in [9.17, 15) is 18.3 Å². The molecule has 0 aromatic rings. The predicted octanol–water partition coefficient (Wildman–Crippen LogP) is -0.283. The van der Waals surface area contributed by atoms with Crippen molar-refractivity contribution in [2.24, 2.45) is 5.92 Å². The lowest BCUT2D eigenvalue weighted by Gasteiger charge is -2.42. The fourth-order valence-electron chi connectivity index (χ4n) is 3.72. The number of carbonyl (C=O) groups excluding carboxylic acids is 1. The van der Waals surface area contributed by atoms with Gasteiger partial charge >= 0.3 is 0 Å². The Hall–Kier alpha value is -0.700. The number of sulfonamides is 1. The summed E-state index contributed by atoms with van der Waals surface area (Å²) in [6, 6.07) is 0. The highest BCUT2D eigenvalue weighted by Crippen LogP contribution is 2.32. The molecule has 0 bridgehead atoms. The van der Waals surface area contributed by atoms with E-state index in [4.69, 9.17) is 0 Å². The van der Waals surface area contributed by atoms with Gasteiger partial charge in [0.2, 0.25) is 10.0 Å². The third kappa shape index (κ3) is 3.92. The van der Waals surface area contributed by atoms with Gasteiger partial charge in [-0.15, -0.1) is 0 Å². The van der Waals surface area contributed by atoms with Crippen LogP contribution in [0.5, 0.6) is 0 Å². The molecular weight excluding hydrogens is 330 g/mol. The molecule has 1 amide bonds. The highest BCUT2D eigenvalue weighted by atomic mass is 32.2. The fourth-order valence-corrected chi connectivity index (χ4v) is 4.80. The molecule has 7 nitrogen and oxygen atoms in total. The van der Waals surface area contributed by atoms with Gasteiger partial charge in [-0.3, -0.25) is 9.69 Å². The van der Waals surface area contributed by atoms with Crippen molar-refractivity contribution in [2.45, 2.75) is 38.2 Å². The van der Waals surface area contributed by atoms with Crippen LogP contribution in [-0.4, -0.2) is 90.7 Å². The first kappa shape index (κ1) is 18.1. The first-order valence-electron chi connectivity index (χ1n) is 9.06. The maximum atomic E-state index is 12.7. The first-order valence-corrected chi connectivity index (χ1v) is 10.7. The smallest absolute Gasteiger partial charge is 0.255 e. The molecule has 24 heavy (non-hydrogen) atoms. The molecule has 1 atom stereocenters. The van der Waals surface area contributed by atoms with E-state index in [1.165, 1.54) is 17.1 Å². The third-order valence-corrected chi connectivity index (χ3v) is 7.34. The van der Waals surface area contributed by atoms with E-state index >= 15 is 0 Å². The third-order valence-electron chi connectivity index (χ3n) is 5.45. The molecule has 0 aromatic heterocycles. The van der Waals surface area contributed by atoms with E-state index in [-0.39, 0.29) is 11.7 Å². The standard InChI is InChI=1S/C16H29N3O4S/c1-2-24(22,23)19-10-8-17(9-11-19)13-16(21)6-3-7-18(15(16)20)12-14-4-5-14/h14,21H,2-13H2,1H3. The van der Waals surface area contributed by atoms with E-state index in [1.807, 2.05) is 9.80 Å². The minimum atomic E-state index is -3.15. The summed E-state index contributed by atoms with van der Waals surface area (Å²) in [5.41, 5.74) is -1.31. The van der Waals surface area contributed by atoms with Crippen molar-refractivity contribution in [1.29, 1.82) is 0 Å². The topological polar surface area (TPSA) is 81.2 Å². The summed E-state index contributed by atoms with van der Waals surface area (Å²) in [5.74, 6) is 0.606. The Morgan fingerprint density at radius 3 is 2.42 bits per heavy atom. The fraction of sp³-hybridized carbons (Fsp3) is 0.938. The molecule has 3 rings (SSSR count). The van der Waals surface area contributed by atoms with Gasteiger partial charge in [-0.2, -0.15) is 4.31 Å². The summed E-state index contributed by atoms with van der Waals surface area (Å²) in [6.07, 6.45) is 3.71. The molecule has 1 saturated carbocycles. The molecule has 0 aromatic carbocycles. The van der Waals surface area contributed by atoms with Gasteiger partial charge in [-0.25, -0.2) is 8.42 Å². The van der Waals surface area contributed by atoms with Crippen LogP contribution in [0.25, 0.3) is 0 Å². The summed E-state index contributed by atoms with van der Waals surface area (Å²) < 4.78 is 25.3. The van der Waals surface area contributed by atoms with Gasteiger partial charge in [0.05, 0.1) is 5.75 Å². The number of aliphatic hydroxyl groups is 1. The summed E-state index contributed by atoms with van der Waals surface area (Å²) >= 11 is 0. The SMILES string of the molecule is CCS(=O)(=O)N1CCN(CC2(O)CCCN(CC3CC3)C2=O)CC1. The number of likely N-dealkylation sites (tertiary alicyclic amines) is 1. The van der Waals surface area contributed by atoms with Crippen LogP contribution in [0, 0.1) is 5.92 Å². The van der Waals surface area contributed by atoms with Gasteiger partial charge in [0.15, 0.2) is 5.60 Å². The van der Waals surface area contributed by atoms with Crippen LogP contribution in [0.4, 0.5) is 0 Å². The van der Waals surface area contributed by atoms with Crippen molar-refractivity contribution in [1.82, 2.24) is 14.1 Å². The largest absolute Gasteiger partial charge is 0.379 e. The quantitative estimate of drug-likeness (QED) is 0.705. The zero-order chi connectivity index (χ0) is 17.4. The number of rotatable bonds is 6. The number of hydrogen-bond acceptors (Lipinski definition) is 5. The van der Waals surface area contributed by atoms with E-state index in [2.05, 4.69) is 0 Å².